The van der Waals surface area contributed by atoms with E-state index in [0.717, 1.165) is 60.2 Å². The Morgan fingerprint density at radius 2 is 1.74 bits per heavy atom. The largest absolute Gasteiger partial charge is 0.474 e. The third-order valence-electron chi connectivity index (χ3n) is 11.7. The number of carbonyl (C=O) groups excluding carboxylic acids is 1. The molecule has 5 aromatic rings. The highest BCUT2D eigenvalue weighted by molar-refractivity contribution is 7.90. The van der Waals surface area contributed by atoms with Crippen molar-refractivity contribution in [3.8, 4) is 17.4 Å². The fraction of sp³-hybridized carbons (Fsp3) is 0.413. The predicted molar refractivity (Wildman–Crippen MR) is 243 cm³/mol. The summed E-state index contributed by atoms with van der Waals surface area (Å²) in [6.07, 6.45) is 7.17. The lowest BCUT2D eigenvalue weighted by molar-refractivity contribution is -0.140. The van der Waals surface area contributed by atoms with Gasteiger partial charge in [-0.15, -0.1) is 0 Å². The maximum absolute atomic E-state index is 13.8. The van der Waals surface area contributed by atoms with Gasteiger partial charge in [-0.2, -0.15) is 0 Å². The van der Waals surface area contributed by atoms with Gasteiger partial charge in [0.15, 0.2) is 5.65 Å². The van der Waals surface area contributed by atoms with Crippen molar-refractivity contribution in [3.63, 3.8) is 0 Å². The zero-order chi connectivity index (χ0) is 43.6. The van der Waals surface area contributed by atoms with Crippen LogP contribution in [-0.2, 0) is 19.6 Å². The summed E-state index contributed by atoms with van der Waals surface area (Å²) in [6.45, 7) is 11.1. The Hall–Kier alpha value is -4.70. The number of amides is 1. The third kappa shape index (κ3) is 10.2. The maximum atomic E-state index is 13.8. The van der Waals surface area contributed by atoms with Gasteiger partial charge in [0.25, 0.3) is 10.0 Å². The molecule has 1 atom stereocenters. The van der Waals surface area contributed by atoms with Crippen molar-refractivity contribution < 1.29 is 27.4 Å². The zero-order valence-electron chi connectivity index (χ0n) is 35.6. The van der Waals surface area contributed by atoms with E-state index in [4.69, 9.17) is 37.4 Å². The quantitative estimate of drug-likeness (QED) is 0.116. The van der Waals surface area contributed by atoms with Crippen molar-refractivity contribution in [1.82, 2.24) is 28.6 Å². The van der Waals surface area contributed by atoms with E-state index in [1.165, 1.54) is 42.2 Å². The summed E-state index contributed by atoms with van der Waals surface area (Å²) in [5.41, 5.74) is 5.90. The van der Waals surface area contributed by atoms with Crippen LogP contribution in [0.4, 0.5) is 5.69 Å². The van der Waals surface area contributed by atoms with Gasteiger partial charge in [0, 0.05) is 67.6 Å². The number of benzene rings is 2. The van der Waals surface area contributed by atoms with Gasteiger partial charge in [0.1, 0.15) is 34.1 Å². The summed E-state index contributed by atoms with van der Waals surface area (Å²) >= 11 is 12.7. The summed E-state index contributed by atoms with van der Waals surface area (Å²) in [7, 11) is -0.439. The molecule has 2 aromatic carbocycles. The number of aromatic nitrogens is 3. The lowest BCUT2D eigenvalue weighted by Crippen LogP contribution is -2.49. The SMILES string of the molecule is CN(C)CC(=O)N1CCO[C@@H](COc2ncc(S(=O)(=O)n3ccc4cc(Oc5cccc(N6CCN(CC7=C(c8ccc(Cl)cc8)CC(C)(C)CC7)CC6)c5)cnc43)cc2Cl)C1. The van der Waals surface area contributed by atoms with Gasteiger partial charge in [-0.3, -0.25) is 9.69 Å². The number of likely N-dealkylation sites (N-methyl/N-ethyl adjacent to an activating group) is 1. The molecule has 3 aromatic heterocycles. The molecule has 0 bridgehead atoms. The Kier molecular flexibility index (Phi) is 13.2. The van der Waals surface area contributed by atoms with Crippen LogP contribution in [-0.4, -0.2) is 129 Å². The molecule has 1 amide bonds. The molecule has 0 unspecified atom stereocenters. The third-order valence-corrected chi connectivity index (χ3v) is 13.9. The van der Waals surface area contributed by atoms with Crippen molar-refractivity contribution in [2.45, 2.75) is 44.1 Å². The minimum Gasteiger partial charge on any atom is -0.474 e. The van der Waals surface area contributed by atoms with Crippen LogP contribution < -0.4 is 14.4 Å². The fourth-order valence-corrected chi connectivity index (χ4v) is 10.1. The van der Waals surface area contributed by atoms with Crippen LogP contribution in [0, 0.1) is 5.41 Å². The van der Waals surface area contributed by atoms with Crippen LogP contribution in [0.2, 0.25) is 10.0 Å². The Morgan fingerprint density at radius 1 is 0.952 bits per heavy atom. The molecular weight excluding hydrogens is 850 g/mol. The molecule has 16 heteroatoms. The number of pyridine rings is 2. The molecule has 0 spiro atoms. The molecule has 0 saturated carbocycles. The summed E-state index contributed by atoms with van der Waals surface area (Å²) in [5.74, 6) is 1.21. The first kappa shape index (κ1) is 43.9. The first-order valence-electron chi connectivity index (χ1n) is 21.0. The Balaban J connectivity index is 0.879. The standard InChI is InChI=1S/C46H53Cl2N7O6S/c1-46(2)14-12-34(41(25-46)32-8-10-35(47)11-9-32)28-52-16-18-53(19-17-52)36-6-5-7-37(23-36)61-38-22-33-13-15-55(44(33)49-26-38)62(57,58)40-24-42(48)45(50-27-40)60-31-39-29-54(20-21-59-39)43(56)30-51(3)4/h5-11,13,15,22-24,26-27,39H,12,14,16-21,25,28-31H2,1-4H3/t39-/m1/s1. The molecule has 5 heterocycles. The minimum atomic E-state index is -4.13. The number of carbonyl (C=O) groups is 1. The van der Waals surface area contributed by atoms with Crippen molar-refractivity contribution in [1.29, 1.82) is 0 Å². The second kappa shape index (κ2) is 18.6. The summed E-state index contributed by atoms with van der Waals surface area (Å²) in [4.78, 5) is 29.6. The number of hydrogen-bond donors (Lipinski definition) is 0. The normalized spacial score (nSPS) is 18.7. The maximum Gasteiger partial charge on any atom is 0.270 e. The molecule has 13 nitrogen and oxygen atoms in total. The van der Waals surface area contributed by atoms with E-state index in [9.17, 15) is 13.2 Å². The van der Waals surface area contributed by atoms with Crippen molar-refractivity contribution in [2.75, 3.05) is 84.6 Å². The van der Waals surface area contributed by atoms with Gasteiger partial charge in [-0.05, 0) is 92.4 Å². The number of piperazine rings is 1. The number of anilines is 1. The summed E-state index contributed by atoms with van der Waals surface area (Å²) in [5, 5.41) is 1.37. The van der Waals surface area contributed by atoms with Crippen molar-refractivity contribution in [2.24, 2.45) is 5.41 Å². The van der Waals surface area contributed by atoms with Gasteiger partial charge in [0.2, 0.25) is 11.8 Å². The number of nitrogens with zero attached hydrogens (tertiary/aromatic N) is 7. The van der Waals surface area contributed by atoms with Gasteiger partial charge in [-0.1, -0.05) is 60.8 Å². The zero-order valence-corrected chi connectivity index (χ0v) is 37.9. The van der Waals surface area contributed by atoms with E-state index in [-0.39, 0.29) is 45.5 Å². The highest BCUT2D eigenvalue weighted by Gasteiger charge is 2.30. The number of fused-ring (bicyclic) bond motifs is 1. The molecule has 0 radical (unpaired) electrons. The van der Waals surface area contributed by atoms with E-state index < -0.39 is 10.0 Å². The molecular formula is C46H53Cl2N7O6S. The first-order valence-corrected chi connectivity index (χ1v) is 23.2. The highest BCUT2D eigenvalue weighted by atomic mass is 35.5. The van der Waals surface area contributed by atoms with Crippen LogP contribution in [0.25, 0.3) is 16.6 Å². The topological polar surface area (TPSA) is 123 Å². The molecule has 62 heavy (non-hydrogen) atoms. The average molecular weight is 903 g/mol. The minimum absolute atomic E-state index is 0.00775. The number of hydrogen-bond acceptors (Lipinski definition) is 11. The van der Waals surface area contributed by atoms with Crippen molar-refractivity contribution in [3.05, 3.63) is 107 Å². The lowest BCUT2D eigenvalue weighted by Gasteiger charge is -2.39. The lowest BCUT2D eigenvalue weighted by atomic mass is 9.72. The van der Waals surface area contributed by atoms with Crippen LogP contribution in [0.15, 0.2) is 95.8 Å². The van der Waals surface area contributed by atoms with E-state index in [1.807, 2.05) is 49.3 Å². The molecule has 2 aliphatic heterocycles. The van der Waals surface area contributed by atoms with Crippen LogP contribution >= 0.6 is 23.2 Å². The molecule has 8 rings (SSSR count). The molecule has 2 fully saturated rings. The summed E-state index contributed by atoms with van der Waals surface area (Å²) in [6, 6.07) is 21.1. The molecule has 0 N–H and O–H groups in total. The molecule has 2 saturated heterocycles. The van der Waals surface area contributed by atoms with E-state index in [2.05, 4.69) is 51.8 Å². The molecule has 1 aliphatic carbocycles. The Bertz CT molecular complexity index is 2560. The smallest absolute Gasteiger partial charge is 0.270 e. The van der Waals surface area contributed by atoms with Gasteiger partial charge in [-0.25, -0.2) is 22.4 Å². The van der Waals surface area contributed by atoms with Crippen LogP contribution in [0.3, 0.4) is 0 Å². The summed E-state index contributed by atoms with van der Waals surface area (Å²) < 4.78 is 46.6. The van der Waals surface area contributed by atoms with E-state index >= 15 is 0 Å². The van der Waals surface area contributed by atoms with E-state index in [1.54, 1.807) is 22.6 Å². The highest BCUT2D eigenvalue weighted by Crippen LogP contribution is 2.43. The van der Waals surface area contributed by atoms with Crippen LogP contribution in [0.1, 0.15) is 38.7 Å². The van der Waals surface area contributed by atoms with E-state index in [0.29, 0.717) is 43.1 Å². The number of halogens is 2. The fourth-order valence-electron chi connectivity index (χ4n) is 8.37. The van der Waals surface area contributed by atoms with Gasteiger partial charge < -0.3 is 28.9 Å². The number of rotatable bonds is 13. The number of ether oxygens (including phenoxy) is 3. The first-order chi connectivity index (χ1) is 29.7. The molecule has 3 aliphatic rings. The average Bonchev–Trinajstić information content (AvgIpc) is 3.69. The Morgan fingerprint density at radius 3 is 2.50 bits per heavy atom. The number of allylic oxidation sites excluding steroid dienone is 1. The van der Waals surface area contributed by atoms with Crippen LogP contribution in [0.5, 0.6) is 17.4 Å². The molecule has 328 valence electrons. The predicted octanol–water partition coefficient (Wildman–Crippen LogP) is 7.72. The number of morpholine rings is 1. The monoisotopic (exact) mass is 901 g/mol. The second-order valence-corrected chi connectivity index (χ2v) is 20.0. The van der Waals surface area contributed by atoms with Gasteiger partial charge in [0.05, 0.1) is 32.1 Å². The Labute approximate surface area is 373 Å². The second-order valence-electron chi connectivity index (χ2n) is 17.3. The van der Waals surface area contributed by atoms with Crippen molar-refractivity contribution >= 4 is 61.4 Å². The van der Waals surface area contributed by atoms with Gasteiger partial charge >= 0.3 is 0 Å².